The molecule has 0 spiro atoms. The summed E-state index contributed by atoms with van der Waals surface area (Å²) in [5, 5.41) is 12.0. The lowest BCUT2D eigenvalue weighted by Crippen LogP contribution is -2.01. The maximum absolute atomic E-state index is 10.9. The summed E-state index contributed by atoms with van der Waals surface area (Å²) in [6.07, 6.45) is 1.44. The Hall–Kier alpha value is -1.60. The fraction of sp³-hybridized carbons (Fsp3) is 0.0769. The molecule has 0 atom stereocenters. The number of nitrogens with zero attached hydrogens (tertiary/aromatic N) is 1. The summed E-state index contributed by atoms with van der Waals surface area (Å²) in [7, 11) is 1.58. The molecule has 0 aliphatic rings. The molecule has 2 N–H and O–H groups in total. The molecule has 0 fully saturated rings. The quantitative estimate of drug-likeness (QED) is 0.808. The number of benzene rings is 1. The Labute approximate surface area is 132 Å². The van der Waals surface area contributed by atoms with Crippen LogP contribution in [0.15, 0.2) is 39.4 Å². The predicted octanol–water partition coefficient (Wildman–Crippen LogP) is 4.06. The van der Waals surface area contributed by atoms with Crippen molar-refractivity contribution in [3.63, 3.8) is 0 Å². The molecule has 7 heteroatoms. The van der Waals surface area contributed by atoms with Crippen molar-refractivity contribution in [3.8, 4) is 5.75 Å². The number of pyridine rings is 1. The topological polar surface area (TPSA) is 71.5 Å². The Morgan fingerprint density at radius 1 is 1.30 bits per heavy atom. The van der Waals surface area contributed by atoms with Gasteiger partial charge >= 0.3 is 5.97 Å². The second-order valence-corrected chi connectivity index (χ2v) is 5.54. The zero-order valence-corrected chi connectivity index (χ0v) is 13.5. The lowest BCUT2D eigenvalue weighted by atomic mass is 10.2. The molecule has 104 valence electrons. The number of carboxylic acids is 1. The van der Waals surface area contributed by atoms with Crippen molar-refractivity contribution in [2.24, 2.45) is 0 Å². The van der Waals surface area contributed by atoms with Gasteiger partial charge in [0.1, 0.15) is 11.4 Å². The van der Waals surface area contributed by atoms with Crippen LogP contribution in [0.2, 0.25) is 0 Å². The van der Waals surface area contributed by atoms with Crippen molar-refractivity contribution in [2.45, 2.75) is 0 Å². The molecular formula is C13H10Br2N2O3. The Balaban J connectivity index is 2.34. The van der Waals surface area contributed by atoms with Crippen molar-refractivity contribution in [3.05, 3.63) is 45.1 Å². The summed E-state index contributed by atoms with van der Waals surface area (Å²) in [5.41, 5.74) is 1.37. The normalized spacial score (nSPS) is 10.2. The molecule has 0 aliphatic heterocycles. The first-order valence-corrected chi connectivity index (χ1v) is 7.09. The van der Waals surface area contributed by atoms with Crippen LogP contribution in [-0.2, 0) is 0 Å². The first-order chi connectivity index (χ1) is 9.51. The molecule has 1 aromatic heterocycles. The van der Waals surface area contributed by atoms with Crippen LogP contribution in [0.3, 0.4) is 0 Å². The van der Waals surface area contributed by atoms with E-state index in [4.69, 9.17) is 9.84 Å². The van der Waals surface area contributed by atoms with Gasteiger partial charge in [0.05, 0.1) is 17.3 Å². The first kappa shape index (κ1) is 14.8. The molecular weight excluding hydrogens is 392 g/mol. The summed E-state index contributed by atoms with van der Waals surface area (Å²) in [4.78, 5) is 14.7. The van der Waals surface area contributed by atoms with Crippen molar-refractivity contribution in [2.75, 3.05) is 12.4 Å². The molecule has 0 amide bonds. The molecule has 2 rings (SSSR count). The highest BCUT2D eigenvalue weighted by Gasteiger charge is 2.09. The summed E-state index contributed by atoms with van der Waals surface area (Å²) >= 11 is 6.82. The minimum atomic E-state index is -1.07. The summed E-state index contributed by atoms with van der Waals surface area (Å²) in [5.74, 6) is -0.399. The molecule has 2 aromatic rings. The number of hydrogen-bond donors (Lipinski definition) is 2. The number of nitrogens with one attached hydrogen (secondary N) is 1. The highest BCUT2D eigenvalue weighted by atomic mass is 79.9. The number of aromatic nitrogens is 1. The number of anilines is 2. The molecule has 0 radical (unpaired) electrons. The number of aromatic carboxylic acids is 1. The maximum atomic E-state index is 10.9. The highest BCUT2D eigenvalue weighted by molar-refractivity contribution is 9.11. The van der Waals surface area contributed by atoms with Crippen LogP contribution >= 0.6 is 31.9 Å². The third-order valence-electron chi connectivity index (χ3n) is 2.50. The minimum Gasteiger partial charge on any atom is -0.495 e. The van der Waals surface area contributed by atoms with E-state index in [-0.39, 0.29) is 5.69 Å². The van der Waals surface area contributed by atoms with E-state index in [1.807, 2.05) is 6.07 Å². The van der Waals surface area contributed by atoms with Crippen LogP contribution in [0, 0.1) is 0 Å². The monoisotopic (exact) mass is 400 g/mol. The number of methoxy groups -OCH3 is 1. The van der Waals surface area contributed by atoms with Gasteiger partial charge in [-0.25, -0.2) is 9.78 Å². The average molecular weight is 402 g/mol. The van der Waals surface area contributed by atoms with Gasteiger partial charge in [0.15, 0.2) is 0 Å². The van der Waals surface area contributed by atoms with Crippen LogP contribution in [0.5, 0.6) is 5.75 Å². The van der Waals surface area contributed by atoms with E-state index in [2.05, 4.69) is 42.2 Å². The zero-order valence-electron chi connectivity index (χ0n) is 10.4. The van der Waals surface area contributed by atoms with Crippen LogP contribution in [-0.4, -0.2) is 23.2 Å². The molecule has 0 unspecified atom stereocenters. The number of carbonyl (C=O) groups is 1. The van der Waals surface area contributed by atoms with Crippen molar-refractivity contribution < 1.29 is 14.6 Å². The first-order valence-electron chi connectivity index (χ1n) is 5.50. The molecule has 0 saturated carbocycles. The van der Waals surface area contributed by atoms with E-state index in [9.17, 15) is 4.79 Å². The minimum absolute atomic E-state index is 0.0183. The summed E-state index contributed by atoms with van der Waals surface area (Å²) < 4.78 is 6.86. The van der Waals surface area contributed by atoms with Gasteiger partial charge in [-0.05, 0) is 50.1 Å². The van der Waals surface area contributed by atoms with Crippen LogP contribution in [0.25, 0.3) is 0 Å². The van der Waals surface area contributed by atoms with Gasteiger partial charge in [-0.1, -0.05) is 0 Å². The number of rotatable bonds is 4. The van der Waals surface area contributed by atoms with Gasteiger partial charge in [-0.3, -0.25) is 0 Å². The summed E-state index contributed by atoms with van der Waals surface area (Å²) in [6, 6.07) is 6.80. The summed E-state index contributed by atoms with van der Waals surface area (Å²) in [6.45, 7) is 0. The molecule has 0 bridgehead atoms. The third-order valence-corrected chi connectivity index (χ3v) is 3.78. The van der Waals surface area contributed by atoms with Crippen LogP contribution < -0.4 is 10.1 Å². The van der Waals surface area contributed by atoms with Crippen molar-refractivity contribution in [1.82, 2.24) is 4.98 Å². The maximum Gasteiger partial charge on any atom is 0.354 e. The van der Waals surface area contributed by atoms with Gasteiger partial charge in [0, 0.05) is 22.4 Å². The van der Waals surface area contributed by atoms with Gasteiger partial charge in [-0.2, -0.15) is 0 Å². The lowest BCUT2D eigenvalue weighted by molar-refractivity contribution is 0.0690. The van der Waals surface area contributed by atoms with E-state index in [0.29, 0.717) is 11.4 Å². The lowest BCUT2D eigenvalue weighted by Gasteiger charge is -2.12. The van der Waals surface area contributed by atoms with Crippen molar-refractivity contribution >= 4 is 49.2 Å². The molecule has 0 saturated heterocycles. The predicted molar refractivity (Wildman–Crippen MR) is 82.9 cm³/mol. The fourth-order valence-corrected chi connectivity index (χ4v) is 2.82. The number of hydrogen-bond acceptors (Lipinski definition) is 4. The SMILES string of the molecule is COc1cc(Nc2ccnc(C(=O)O)c2)c(Br)cc1Br. The Morgan fingerprint density at radius 3 is 2.70 bits per heavy atom. The van der Waals surface area contributed by atoms with Gasteiger partial charge < -0.3 is 15.2 Å². The van der Waals surface area contributed by atoms with Gasteiger partial charge in [0.2, 0.25) is 0 Å². The number of carboxylic acid groups (broad SMARTS) is 1. The Kier molecular flexibility index (Phi) is 4.61. The number of ether oxygens (including phenoxy) is 1. The van der Waals surface area contributed by atoms with E-state index >= 15 is 0 Å². The van der Waals surface area contributed by atoms with E-state index in [1.165, 1.54) is 12.3 Å². The Bertz CT molecular complexity index is 662. The molecule has 5 nitrogen and oxygen atoms in total. The molecule has 1 heterocycles. The highest BCUT2D eigenvalue weighted by Crippen LogP contribution is 2.35. The zero-order chi connectivity index (χ0) is 14.7. The second-order valence-electron chi connectivity index (χ2n) is 3.83. The third kappa shape index (κ3) is 3.29. The molecule has 0 aliphatic carbocycles. The van der Waals surface area contributed by atoms with E-state index in [1.54, 1.807) is 19.2 Å². The largest absolute Gasteiger partial charge is 0.495 e. The van der Waals surface area contributed by atoms with Gasteiger partial charge in [-0.15, -0.1) is 0 Å². The van der Waals surface area contributed by atoms with E-state index < -0.39 is 5.97 Å². The van der Waals surface area contributed by atoms with Gasteiger partial charge in [0.25, 0.3) is 0 Å². The Morgan fingerprint density at radius 2 is 2.05 bits per heavy atom. The smallest absolute Gasteiger partial charge is 0.354 e. The average Bonchev–Trinajstić information content (AvgIpc) is 2.42. The van der Waals surface area contributed by atoms with Crippen LogP contribution in [0.4, 0.5) is 11.4 Å². The number of halogens is 2. The molecule has 1 aromatic carbocycles. The van der Waals surface area contributed by atoms with Crippen molar-refractivity contribution in [1.29, 1.82) is 0 Å². The second kappa shape index (κ2) is 6.23. The fourth-order valence-electron chi connectivity index (χ4n) is 1.56. The van der Waals surface area contributed by atoms with Crippen LogP contribution in [0.1, 0.15) is 10.5 Å². The van der Waals surface area contributed by atoms with E-state index in [0.717, 1.165) is 14.6 Å². The molecule has 20 heavy (non-hydrogen) atoms. The standard InChI is InChI=1S/C13H10Br2N2O3/c1-20-12-6-10(8(14)5-9(12)15)17-7-2-3-16-11(4-7)13(18)19/h2-6H,1H3,(H,16,17)(H,18,19).